The van der Waals surface area contributed by atoms with Crippen LogP contribution in [-0.4, -0.2) is 12.5 Å². The normalized spacial score (nSPS) is 20.6. The third-order valence-electron chi connectivity index (χ3n) is 3.07. The molecule has 1 unspecified atom stereocenters. The highest BCUT2D eigenvalue weighted by Gasteiger charge is 2.36. The molecule has 0 aromatic heterocycles. The van der Waals surface area contributed by atoms with Crippen LogP contribution in [0.5, 0.6) is 0 Å². The molecule has 0 spiro atoms. The Balaban J connectivity index is 2.40. The van der Waals surface area contributed by atoms with Gasteiger partial charge in [-0.1, -0.05) is 6.07 Å². The van der Waals surface area contributed by atoms with Gasteiger partial charge in [0.2, 0.25) is 5.91 Å². The maximum Gasteiger partial charge on any atom is 0.416 e. The average Bonchev–Trinajstić information content (AvgIpc) is 2.27. The molecule has 1 heterocycles. The number of piperidine rings is 1. The van der Waals surface area contributed by atoms with E-state index in [4.69, 9.17) is 5.73 Å². The van der Waals surface area contributed by atoms with E-state index in [1.54, 1.807) is 0 Å². The third kappa shape index (κ3) is 2.57. The van der Waals surface area contributed by atoms with Crippen molar-refractivity contribution in [1.29, 1.82) is 0 Å². The van der Waals surface area contributed by atoms with Crippen molar-refractivity contribution in [3.05, 3.63) is 29.3 Å². The molecule has 3 nitrogen and oxygen atoms in total. The lowest BCUT2D eigenvalue weighted by molar-refractivity contribution is -0.138. The van der Waals surface area contributed by atoms with Gasteiger partial charge in [-0.2, -0.15) is 13.2 Å². The minimum Gasteiger partial charge on any atom is -0.399 e. The SMILES string of the molecule is Nc1ccc(C2CCNC(=O)C2)c(C(F)(F)F)c1. The quantitative estimate of drug-likeness (QED) is 0.759. The second-order valence-corrected chi connectivity index (χ2v) is 4.38. The summed E-state index contributed by atoms with van der Waals surface area (Å²) in [4.78, 5) is 11.3. The van der Waals surface area contributed by atoms with Crippen LogP contribution in [0, 0.1) is 0 Å². The van der Waals surface area contributed by atoms with E-state index >= 15 is 0 Å². The lowest BCUT2D eigenvalue weighted by Crippen LogP contribution is -2.33. The van der Waals surface area contributed by atoms with Crippen molar-refractivity contribution < 1.29 is 18.0 Å². The van der Waals surface area contributed by atoms with Crippen LogP contribution in [0.4, 0.5) is 18.9 Å². The van der Waals surface area contributed by atoms with Crippen LogP contribution in [0.2, 0.25) is 0 Å². The minimum atomic E-state index is -4.45. The highest BCUT2D eigenvalue weighted by Crippen LogP contribution is 2.39. The Morgan fingerprint density at radius 2 is 2.06 bits per heavy atom. The second-order valence-electron chi connectivity index (χ2n) is 4.38. The van der Waals surface area contributed by atoms with Gasteiger partial charge in [0.1, 0.15) is 0 Å². The summed E-state index contributed by atoms with van der Waals surface area (Å²) in [6, 6.07) is 3.75. The third-order valence-corrected chi connectivity index (χ3v) is 3.07. The molecule has 2 rings (SSSR count). The fourth-order valence-corrected chi connectivity index (χ4v) is 2.22. The first-order chi connectivity index (χ1) is 8.38. The van der Waals surface area contributed by atoms with Crippen LogP contribution in [0.3, 0.4) is 0 Å². The van der Waals surface area contributed by atoms with E-state index in [1.807, 2.05) is 0 Å². The largest absolute Gasteiger partial charge is 0.416 e. The number of nitrogens with one attached hydrogen (secondary N) is 1. The van der Waals surface area contributed by atoms with Crippen LogP contribution in [0.15, 0.2) is 18.2 Å². The smallest absolute Gasteiger partial charge is 0.399 e. The number of halogens is 3. The minimum absolute atomic E-state index is 0.0753. The van der Waals surface area contributed by atoms with Gasteiger partial charge in [-0.05, 0) is 30.0 Å². The van der Waals surface area contributed by atoms with Gasteiger partial charge in [-0.3, -0.25) is 4.79 Å². The van der Waals surface area contributed by atoms with E-state index in [2.05, 4.69) is 5.32 Å². The van der Waals surface area contributed by atoms with Gasteiger partial charge >= 0.3 is 6.18 Å². The Bertz CT molecular complexity index is 471. The van der Waals surface area contributed by atoms with Gasteiger partial charge < -0.3 is 11.1 Å². The summed E-state index contributed by atoms with van der Waals surface area (Å²) in [6.07, 6.45) is -3.84. The predicted octanol–water partition coefficient (Wildman–Crippen LogP) is 2.28. The van der Waals surface area contributed by atoms with E-state index in [9.17, 15) is 18.0 Å². The van der Waals surface area contributed by atoms with Crippen molar-refractivity contribution in [2.45, 2.75) is 24.9 Å². The molecule has 1 aromatic rings. The molecule has 1 aliphatic rings. The number of nitrogen functional groups attached to an aromatic ring is 1. The standard InChI is InChI=1S/C12H13F3N2O/c13-12(14,15)10-6-8(16)1-2-9(10)7-3-4-17-11(18)5-7/h1-2,6-7H,3-5,16H2,(H,17,18). The zero-order chi connectivity index (χ0) is 13.3. The van der Waals surface area contributed by atoms with E-state index in [-0.39, 0.29) is 23.6 Å². The Hall–Kier alpha value is -1.72. The molecule has 0 bridgehead atoms. The van der Waals surface area contributed by atoms with E-state index in [0.29, 0.717) is 13.0 Å². The monoisotopic (exact) mass is 258 g/mol. The molecule has 1 atom stereocenters. The van der Waals surface area contributed by atoms with Crippen molar-refractivity contribution in [2.75, 3.05) is 12.3 Å². The number of carbonyl (C=O) groups is 1. The van der Waals surface area contributed by atoms with E-state index in [0.717, 1.165) is 6.07 Å². The zero-order valence-corrected chi connectivity index (χ0v) is 9.55. The van der Waals surface area contributed by atoms with Crippen LogP contribution in [-0.2, 0) is 11.0 Å². The summed E-state index contributed by atoms with van der Waals surface area (Å²) in [5, 5.41) is 2.61. The number of amides is 1. The lowest BCUT2D eigenvalue weighted by Gasteiger charge is -2.25. The van der Waals surface area contributed by atoms with Crippen molar-refractivity contribution in [1.82, 2.24) is 5.32 Å². The van der Waals surface area contributed by atoms with Gasteiger partial charge in [-0.25, -0.2) is 0 Å². The van der Waals surface area contributed by atoms with Gasteiger partial charge in [0.05, 0.1) is 5.56 Å². The Morgan fingerprint density at radius 1 is 1.33 bits per heavy atom. The highest BCUT2D eigenvalue weighted by molar-refractivity contribution is 5.77. The number of hydrogen-bond donors (Lipinski definition) is 2. The number of nitrogens with two attached hydrogens (primary N) is 1. The summed E-state index contributed by atoms with van der Waals surface area (Å²) >= 11 is 0. The van der Waals surface area contributed by atoms with Crippen molar-refractivity contribution in [3.63, 3.8) is 0 Å². The number of alkyl halides is 3. The summed E-state index contributed by atoms with van der Waals surface area (Å²) in [5.41, 5.74) is 4.90. The molecule has 0 saturated carbocycles. The maximum atomic E-state index is 12.9. The highest BCUT2D eigenvalue weighted by atomic mass is 19.4. The molecule has 1 aromatic carbocycles. The van der Waals surface area contributed by atoms with Gasteiger partial charge in [-0.15, -0.1) is 0 Å². The zero-order valence-electron chi connectivity index (χ0n) is 9.55. The van der Waals surface area contributed by atoms with E-state index < -0.39 is 17.7 Å². The van der Waals surface area contributed by atoms with Gasteiger partial charge in [0, 0.05) is 18.7 Å². The summed E-state index contributed by atoms with van der Waals surface area (Å²) in [7, 11) is 0. The molecular formula is C12H13F3N2O. The molecule has 18 heavy (non-hydrogen) atoms. The van der Waals surface area contributed by atoms with Crippen LogP contribution in [0.25, 0.3) is 0 Å². The molecule has 3 N–H and O–H groups in total. The number of benzene rings is 1. The number of hydrogen-bond acceptors (Lipinski definition) is 2. The summed E-state index contributed by atoms with van der Waals surface area (Å²) < 4.78 is 38.8. The molecule has 1 fully saturated rings. The maximum absolute atomic E-state index is 12.9. The Morgan fingerprint density at radius 3 is 2.67 bits per heavy atom. The van der Waals surface area contributed by atoms with Gasteiger partial charge in [0.25, 0.3) is 0 Å². The number of rotatable bonds is 1. The molecular weight excluding hydrogens is 245 g/mol. The Kier molecular flexibility index (Phi) is 3.19. The van der Waals surface area contributed by atoms with Gasteiger partial charge in [0.15, 0.2) is 0 Å². The van der Waals surface area contributed by atoms with Crippen molar-refractivity contribution in [3.8, 4) is 0 Å². The molecule has 1 saturated heterocycles. The molecule has 6 heteroatoms. The second kappa shape index (κ2) is 4.51. The van der Waals surface area contributed by atoms with Crippen LogP contribution in [0.1, 0.15) is 29.9 Å². The topological polar surface area (TPSA) is 55.1 Å². The first-order valence-corrected chi connectivity index (χ1v) is 5.61. The first kappa shape index (κ1) is 12.7. The molecule has 1 aliphatic heterocycles. The molecule has 0 radical (unpaired) electrons. The van der Waals surface area contributed by atoms with E-state index in [1.165, 1.54) is 12.1 Å². The lowest BCUT2D eigenvalue weighted by atomic mass is 9.86. The average molecular weight is 258 g/mol. The number of carbonyl (C=O) groups excluding carboxylic acids is 1. The van der Waals surface area contributed by atoms with Crippen molar-refractivity contribution in [2.24, 2.45) is 0 Å². The fraction of sp³-hybridized carbons (Fsp3) is 0.417. The molecule has 0 aliphatic carbocycles. The first-order valence-electron chi connectivity index (χ1n) is 5.61. The van der Waals surface area contributed by atoms with Crippen LogP contribution < -0.4 is 11.1 Å². The summed E-state index contributed by atoms with van der Waals surface area (Å²) in [6.45, 7) is 0.408. The van der Waals surface area contributed by atoms with Crippen molar-refractivity contribution >= 4 is 11.6 Å². The Labute approximate surface area is 102 Å². The predicted molar refractivity (Wildman–Crippen MR) is 60.8 cm³/mol. The van der Waals surface area contributed by atoms with Crippen LogP contribution >= 0.6 is 0 Å². The molecule has 98 valence electrons. The summed E-state index contributed by atoms with van der Waals surface area (Å²) in [5.74, 6) is -0.604. The molecule has 1 amide bonds. The fourth-order valence-electron chi connectivity index (χ4n) is 2.22. The number of anilines is 1.